The smallest absolute Gasteiger partial charge is 0.329 e. The first-order chi connectivity index (χ1) is 16.6. The summed E-state index contributed by atoms with van der Waals surface area (Å²) in [6, 6.07) is 8.85. The van der Waals surface area contributed by atoms with Crippen LogP contribution in [0.2, 0.25) is 5.02 Å². The summed E-state index contributed by atoms with van der Waals surface area (Å²) in [6.45, 7) is 1.41. The zero-order valence-corrected chi connectivity index (χ0v) is 18.6. The van der Waals surface area contributed by atoms with Crippen molar-refractivity contribution >= 4 is 56.4 Å². The number of oxazole rings is 1. The van der Waals surface area contributed by atoms with E-state index in [1.165, 1.54) is 7.41 Å². The second-order valence-electron chi connectivity index (χ2n) is 7.33. The number of carbonyl (C=O) groups is 3. The number of nitrogens with zero attached hydrogens (tertiary/aromatic N) is 3. The van der Waals surface area contributed by atoms with Crippen LogP contribution in [0, 0.1) is 0 Å². The number of rotatable bonds is 10. The molecule has 0 saturated carbocycles. The summed E-state index contributed by atoms with van der Waals surface area (Å²) in [5.41, 5.74) is 2.00. The summed E-state index contributed by atoms with van der Waals surface area (Å²) >= 11 is 6.26. The maximum absolute atomic E-state index is 12.5. The van der Waals surface area contributed by atoms with Crippen LogP contribution in [0.5, 0.6) is 5.88 Å². The van der Waals surface area contributed by atoms with E-state index in [2.05, 4.69) is 20.5 Å². The quantitative estimate of drug-likeness (QED) is 0.333. The van der Waals surface area contributed by atoms with Gasteiger partial charge in [-0.15, -0.1) is 0 Å². The predicted molar refractivity (Wildman–Crippen MR) is 128 cm³/mol. The summed E-state index contributed by atoms with van der Waals surface area (Å²) in [7, 11) is 2.61. The highest BCUT2D eigenvalue weighted by molar-refractivity contribution is 6.69. The molecule has 0 aliphatic carbocycles. The zero-order valence-electron chi connectivity index (χ0n) is 17.8. The Hall–Kier alpha value is -3.63. The van der Waals surface area contributed by atoms with E-state index in [1.807, 2.05) is 16.9 Å². The molecule has 170 valence electrons. The van der Waals surface area contributed by atoms with Gasteiger partial charge in [0.05, 0.1) is 16.9 Å². The van der Waals surface area contributed by atoms with Gasteiger partial charge in [0.1, 0.15) is 18.6 Å². The molecule has 3 heterocycles. The van der Waals surface area contributed by atoms with Crippen molar-refractivity contribution in [2.45, 2.75) is 12.5 Å². The number of aromatic nitrogens is 2. The summed E-state index contributed by atoms with van der Waals surface area (Å²) in [6.07, 6.45) is 4.92. The third-order valence-electron chi connectivity index (χ3n) is 5.03. The molecule has 34 heavy (non-hydrogen) atoms. The average molecular weight is 477 g/mol. The Morgan fingerprint density at radius 1 is 1.24 bits per heavy atom. The van der Waals surface area contributed by atoms with Crippen LogP contribution >= 0.6 is 11.6 Å². The van der Waals surface area contributed by atoms with Crippen LogP contribution in [0.3, 0.4) is 0 Å². The number of hydrogen-bond acceptors (Lipinski definition) is 9. The molecular weight excluding hydrogens is 459 g/mol. The average Bonchev–Trinajstić information content (AvgIpc) is 3.50. The molecule has 2 aromatic heterocycles. The molecule has 1 atom stereocenters. The van der Waals surface area contributed by atoms with Crippen molar-refractivity contribution in [2.24, 2.45) is 0 Å². The molecule has 2 radical (unpaired) electrons. The van der Waals surface area contributed by atoms with Crippen molar-refractivity contribution in [3.05, 3.63) is 53.5 Å². The second-order valence-corrected chi connectivity index (χ2v) is 7.73. The van der Waals surface area contributed by atoms with E-state index in [0.717, 1.165) is 44.0 Å². The number of ether oxygens (including phenoxy) is 1. The van der Waals surface area contributed by atoms with Gasteiger partial charge in [-0.2, -0.15) is 4.98 Å². The van der Waals surface area contributed by atoms with Gasteiger partial charge in [-0.3, -0.25) is 4.79 Å². The topological polar surface area (TPSA) is 127 Å². The molecule has 1 fully saturated rings. The van der Waals surface area contributed by atoms with Crippen LogP contribution in [0.4, 0.5) is 11.7 Å². The van der Waals surface area contributed by atoms with Crippen molar-refractivity contribution in [2.75, 3.05) is 23.6 Å². The molecule has 1 saturated heterocycles. The van der Waals surface area contributed by atoms with Gasteiger partial charge in [0.25, 0.3) is 19.3 Å². The predicted octanol–water partition coefficient (Wildman–Crippen LogP) is 2.13. The fourth-order valence-corrected chi connectivity index (χ4v) is 3.56. The molecule has 1 unspecified atom stereocenters. The number of pyridine rings is 1. The van der Waals surface area contributed by atoms with Crippen molar-refractivity contribution in [3.63, 3.8) is 0 Å². The second kappa shape index (κ2) is 11.0. The fraction of sp³-hybridized carbons (Fsp3) is 0.190. The first-order valence-corrected chi connectivity index (χ1v) is 10.7. The molecular formula is C21H18B2ClN5O5. The maximum Gasteiger partial charge on any atom is 0.329 e. The van der Waals surface area contributed by atoms with E-state index in [4.69, 9.17) is 20.8 Å². The van der Waals surface area contributed by atoms with E-state index >= 15 is 0 Å². The summed E-state index contributed by atoms with van der Waals surface area (Å²) in [5, 5.41) is 5.55. The standard InChI is InChI=1S/C21H18B2ClN5O5/c24-16-3-1-13(7-17(16)26-20(32)18-10-33-21(27-18)28-22-11-30)14-2-4-19(25-8-14)34-15-5-6-29(9-15)23-12-31/h1-4,7-8,10-12,15H,5-6,9H2,(H,26,32)(H,27,28). The maximum atomic E-state index is 12.5. The molecule has 10 nitrogen and oxygen atoms in total. The van der Waals surface area contributed by atoms with Crippen molar-refractivity contribution in [3.8, 4) is 17.0 Å². The minimum atomic E-state index is -0.527. The Labute approximate surface area is 201 Å². The molecule has 3 aromatic rings. The van der Waals surface area contributed by atoms with Crippen LogP contribution in [0.15, 0.2) is 47.2 Å². The fourth-order valence-electron chi connectivity index (χ4n) is 3.40. The Morgan fingerprint density at radius 2 is 2.09 bits per heavy atom. The highest BCUT2D eigenvalue weighted by Gasteiger charge is 2.24. The number of anilines is 2. The van der Waals surface area contributed by atoms with Crippen LogP contribution in [-0.2, 0) is 9.59 Å². The Morgan fingerprint density at radius 3 is 2.85 bits per heavy atom. The molecule has 1 aliphatic rings. The Balaban J connectivity index is 1.41. The first kappa shape index (κ1) is 23.5. The van der Waals surface area contributed by atoms with E-state index in [0.29, 0.717) is 29.3 Å². The first-order valence-electron chi connectivity index (χ1n) is 10.3. The lowest BCUT2D eigenvalue weighted by Crippen LogP contribution is -2.29. The van der Waals surface area contributed by atoms with Gasteiger partial charge in [-0.05, 0) is 36.7 Å². The van der Waals surface area contributed by atoms with E-state index in [9.17, 15) is 14.4 Å². The third kappa shape index (κ3) is 5.83. The lowest BCUT2D eigenvalue weighted by atomic mass is 9.96. The normalized spacial score (nSPS) is 15.4. The van der Waals surface area contributed by atoms with Crippen LogP contribution in [-0.4, -0.2) is 67.1 Å². The largest absolute Gasteiger partial charge is 0.473 e. The van der Waals surface area contributed by atoms with Gasteiger partial charge in [0, 0.05) is 24.4 Å². The zero-order chi connectivity index (χ0) is 23.9. The van der Waals surface area contributed by atoms with Crippen LogP contribution in [0.1, 0.15) is 16.9 Å². The minimum Gasteiger partial charge on any atom is -0.473 e. The van der Waals surface area contributed by atoms with E-state index in [-0.39, 0.29) is 17.8 Å². The lowest BCUT2D eigenvalue weighted by molar-refractivity contribution is 0.102. The number of carbonyl (C=O) groups excluding carboxylic acids is 3. The SMILES string of the molecule is O=C[B]Nc1nc(C(=O)Nc2cc(-c3ccc(OC4CCN([B]C=O)C4)nc3)ccc2Cl)co1. The van der Waals surface area contributed by atoms with Gasteiger partial charge >= 0.3 is 7.41 Å². The minimum absolute atomic E-state index is 0.0117. The molecule has 0 spiro atoms. The summed E-state index contributed by atoms with van der Waals surface area (Å²) in [5.74, 6) is -0.0345. The highest BCUT2D eigenvalue weighted by Crippen LogP contribution is 2.30. The van der Waals surface area contributed by atoms with Crippen molar-refractivity contribution < 1.29 is 23.5 Å². The number of halogens is 1. The molecule has 0 bridgehead atoms. The molecule has 13 heteroatoms. The van der Waals surface area contributed by atoms with Crippen molar-refractivity contribution in [1.82, 2.24) is 14.8 Å². The number of benzene rings is 1. The van der Waals surface area contributed by atoms with Gasteiger partial charge in [0.15, 0.2) is 5.69 Å². The van der Waals surface area contributed by atoms with Gasteiger partial charge in [-0.1, -0.05) is 17.7 Å². The molecule has 1 aromatic carbocycles. The molecule has 1 aliphatic heterocycles. The van der Waals surface area contributed by atoms with E-state index < -0.39 is 5.91 Å². The number of nitrogens with one attached hydrogen (secondary N) is 2. The Bertz CT molecular complexity index is 1180. The summed E-state index contributed by atoms with van der Waals surface area (Å²) < 4.78 is 11.0. The van der Waals surface area contributed by atoms with Crippen molar-refractivity contribution in [1.29, 1.82) is 0 Å². The third-order valence-corrected chi connectivity index (χ3v) is 5.36. The van der Waals surface area contributed by atoms with Crippen LogP contribution < -0.4 is 15.3 Å². The lowest BCUT2D eigenvalue weighted by Gasteiger charge is -2.14. The monoisotopic (exact) mass is 477 g/mol. The molecule has 4 rings (SSSR count). The van der Waals surface area contributed by atoms with Crippen LogP contribution in [0.25, 0.3) is 11.1 Å². The molecule has 1 amide bonds. The summed E-state index contributed by atoms with van der Waals surface area (Å²) in [4.78, 5) is 43.7. The highest BCUT2D eigenvalue weighted by atomic mass is 35.5. The van der Waals surface area contributed by atoms with Gasteiger partial charge < -0.3 is 34.1 Å². The van der Waals surface area contributed by atoms with E-state index in [1.54, 1.807) is 24.4 Å². The number of hydrogen-bond donors (Lipinski definition) is 2. The Kier molecular flexibility index (Phi) is 7.61. The number of amides is 1. The van der Waals surface area contributed by atoms with Gasteiger partial charge in [0.2, 0.25) is 5.88 Å². The van der Waals surface area contributed by atoms with Gasteiger partial charge in [-0.25, -0.2) is 4.98 Å². The molecule has 2 N–H and O–H groups in total.